The van der Waals surface area contributed by atoms with Crippen molar-refractivity contribution in [3.63, 3.8) is 0 Å². The highest BCUT2D eigenvalue weighted by atomic mass is 16.5. The van der Waals surface area contributed by atoms with Crippen molar-refractivity contribution < 1.29 is 24.3 Å². The van der Waals surface area contributed by atoms with Crippen LogP contribution in [0.15, 0.2) is 60.7 Å². The summed E-state index contributed by atoms with van der Waals surface area (Å²) in [5.74, 6) is -0.258. The molecule has 1 fully saturated rings. The average Bonchev–Trinajstić information content (AvgIpc) is 2.89. The Balaban J connectivity index is 1.41. The van der Waals surface area contributed by atoms with Crippen molar-refractivity contribution in [1.82, 2.24) is 10.4 Å². The lowest BCUT2D eigenvalue weighted by Gasteiger charge is -2.37. The average molecular weight is 451 g/mol. The molecule has 3 atom stereocenters. The van der Waals surface area contributed by atoms with Gasteiger partial charge in [-0.2, -0.15) is 0 Å². The molecule has 7 nitrogen and oxygen atoms in total. The van der Waals surface area contributed by atoms with Gasteiger partial charge >= 0.3 is 0 Å². The van der Waals surface area contributed by atoms with Gasteiger partial charge in [-0.1, -0.05) is 36.4 Å². The van der Waals surface area contributed by atoms with Gasteiger partial charge in [-0.3, -0.25) is 14.8 Å². The summed E-state index contributed by atoms with van der Waals surface area (Å²) in [5.41, 5.74) is 4.17. The SMILES string of the molecule is COc1ccc(OC2CCC(C(=O)N3CC=C(c4ccccc4)CC3)C(C(=O)NO)C2)cc1. The quantitative estimate of drug-likeness (QED) is 0.518. The number of carbonyl (C=O) groups is 2. The largest absolute Gasteiger partial charge is 0.497 e. The summed E-state index contributed by atoms with van der Waals surface area (Å²) in [7, 11) is 1.60. The highest BCUT2D eigenvalue weighted by Crippen LogP contribution is 2.35. The molecule has 2 amide bonds. The first-order chi connectivity index (χ1) is 16.1. The van der Waals surface area contributed by atoms with E-state index >= 15 is 0 Å². The van der Waals surface area contributed by atoms with E-state index in [9.17, 15) is 14.8 Å². The highest BCUT2D eigenvalue weighted by Gasteiger charge is 2.41. The number of hydrogen-bond donors (Lipinski definition) is 2. The van der Waals surface area contributed by atoms with Gasteiger partial charge in [0.05, 0.1) is 25.0 Å². The van der Waals surface area contributed by atoms with Crippen LogP contribution in [0.4, 0.5) is 0 Å². The lowest BCUT2D eigenvalue weighted by molar-refractivity contribution is -0.148. The molecule has 0 saturated heterocycles. The second-order valence-corrected chi connectivity index (χ2v) is 8.55. The van der Waals surface area contributed by atoms with Gasteiger partial charge in [-0.15, -0.1) is 0 Å². The van der Waals surface area contributed by atoms with Crippen molar-refractivity contribution in [2.24, 2.45) is 11.8 Å². The lowest BCUT2D eigenvalue weighted by Crippen LogP contribution is -2.48. The van der Waals surface area contributed by atoms with Gasteiger partial charge < -0.3 is 14.4 Å². The first-order valence-corrected chi connectivity index (χ1v) is 11.4. The Kier molecular flexibility index (Phi) is 7.29. The van der Waals surface area contributed by atoms with Crippen LogP contribution < -0.4 is 15.0 Å². The molecule has 1 aliphatic heterocycles. The summed E-state index contributed by atoms with van der Waals surface area (Å²) in [4.78, 5) is 27.6. The fourth-order valence-corrected chi connectivity index (χ4v) is 4.77. The van der Waals surface area contributed by atoms with Gasteiger partial charge in [0, 0.05) is 13.1 Å². The molecule has 2 aliphatic rings. The van der Waals surface area contributed by atoms with E-state index in [1.165, 1.54) is 11.1 Å². The van der Waals surface area contributed by atoms with Crippen molar-refractivity contribution >= 4 is 17.4 Å². The summed E-state index contributed by atoms with van der Waals surface area (Å²) in [6.07, 6.45) is 4.22. The molecule has 1 aliphatic carbocycles. The number of ether oxygens (including phenoxy) is 2. The zero-order chi connectivity index (χ0) is 23.2. The number of nitrogens with zero attached hydrogens (tertiary/aromatic N) is 1. The molecule has 1 heterocycles. The van der Waals surface area contributed by atoms with Crippen LogP contribution >= 0.6 is 0 Å². The first kappa shape index (κ1) is 22.9. The Morgan fingerprint density at radius 1 is 1.00 bits per heavy atom. The number of hydroxylamine groups is 1. The van der Waals surface area contributed by atoms with Crippen molar-refractivity contribution in [3.05, 3.63) is 66.2 Å². The summed E-state index contributed by atoms with van der Waals surface area (Å²) in [6.45, 7) is 1.15. The van der Waals surface area contributed by atoms with Crippen LogP contribution in [0.3, 0.4) is 0 Å². The molecule has 1 saturated carbocycles. The van der Waals surface area contributed by atoms with E-state index in [1.807, 2.05) is 47.4 Å². The Bertz CT molecular complexity index is 990. The van der Waals surface area contributed by atoms with E-state index in [1.54, 1.807) is 12.6 Å². The summed E-state index contributed by atoms with van der Waals surface area (Å²) < 4.78 is 11.2. The standard InChI is InChI=1S/C26H30N2O5/c1-32-20-7-9-21(10-8-20)33-22-11-12-23(24(17-22)25(29)27-31)26(30)28-15-13-19(14-16-28)18-5-3-2-4-6-18/h2-10,13,22-24,31H,11-12,14-17H2,1H3,(H,27,29). The molecule has 2 aromatic carbocycles. The number of hydrogen-bond acceptors (Lipinski definition) is 5. The number of amides is 2. The van der Waals surface area contributed by atoms with Crippen LogP contribution in [0.25, 0.3) is 5.57 Å². The fraction of sp³-hybridized carbons (Fsp3) is 0.385. The first-order valence-electron chi connectivity index (χ1n) is 11.4. The van der Waals surface area contributed by atoms with E-state index in [4.69, 9.17) is 9.47 Å². The minimum absolute atomic E-state index is 0.0325. The molecule has 7 heteroatoms. The van der Waals surface area contributed by atoms with Gasteiger partial charge in [0.25, 0.3) is 0 Å². The summed E-state index contributed by atoms with van der Waals surface area (Å²) in [5, 5.41) is 9.30. The maximum Gasteiger partial charge on any atom is 0.247 e. The van der Waals surface area contributed by atoms with E-state index in [2.05, 4.69) is 18.2 Å². The molecule has 33 heavy (non-hydrogen) atoms. The molecule has 4 rings (SSSR count). The van der Waals surface area contributed by atoms with Crippen LogP contribution in [-0.4, -0.2) is 48.2 Å². The fourth-order valence-electron chi connectivity index (χ4n) is 4.77. The van der Waals surface area contributed by atoms with Crippen molar-refractivity contribution in [2.75, 3.05) is 20.2 Å². The van der Waals surface area contributed by atoms with Crippen molar-refractivity contribution in [1.29, 1.82) is 0 Å². The minimum Gasteiger partial charge on any atom is -0.497 e. The maximum absolute atomic E-state index is 13.3. The molecular formula is C26H30N2O5. The Hall–Kier alpha value is -3.32. The van der Waals surface area contributed by atoms with Crippen molar-refractivity contribution in [2.45, 2.75) is 31.8 Å². The molecule has 3 unspecified atom stereocenters. The zero-order valence-corrected chi connectivity index (χ0v) is 18.8. The third-order valence-corrected chi connectivity index (χ3v) is 6.59. The van der Waals surface area contributed by atoms with E-state index in [-0.39, 0.29) is 12.0 Å². The molecular weight excluding hydrogens is 420 g/mol. The summed E-state index contributed by atoms with van der Waals surface area (Å²) >= 11 is 0. The van der Waals surface area contributed by atoms with Crippen LogP contribution in [0, 0.1) is 11.8 Å². The number of benzene rings is 2. The molecule has 0 bridgehead atoms. The Labute approximate surface area is 194 Å². The third kappa shape index (κ3) is 5.37. The van der Waals surface area contributed by atoms with Crippen LogP contribution in [0.2, 0.25) is 0 Å². The van der Waals surface area contributed by atoms with Crippen molar-refractivity contribution in [3.8, 4) is 11.5 Å². The molecule has 0 aromatic heterocycles. The maximum atomic E-state index is 13.3. The van der Waals surface area contributed by atoms with Crippen LogP contribution in [-0.2, 0) is 9.59 Å². The molecule has 0 radical (unpaired) electrons. The Morgan fingerprint density at radius 3 is 2.36 bits per heavy atom. The number of rotatable bonds is 6. The third-order valence-electron chi connectivity index (χ3n) is 6.59. The second-order valence-electron chi connectivity index (χ2n) is 8.55. The second kappa shape index (κ2) is 10.5. The smallest absolute Gasteiger partial charge is 0.247 e. The predicted molar refractivity (Wildman–Crippen MR) is 124 cm³/mol. The number of methoxy groups -OCH3 is 1. The van der Waals surface area contributed by atoms with Gasteiger partial charge in [0.15, 0.2) is 0 Å². The number of nitrogens with one attached hydrogen (secondary N) is 1. The lowest BCUT2D eigenvalue weighted by atomic mass is 9.76. The molecule has 2 aromatic rings. The van der Waals surface area contributed by atoms with E-state index in [0.29, 0.717) is 38.1 Å². The minimum atomic E-state index is -0.640. The van der Waals surface area contributed by atoms with E-state index in [0.717, 1.165) is 12.2 Å². The van der Waals surface area contributed by atoms with Gasteiger partial charge in [-0.25, -0.2) is 5.48 Å². The van der Waals surface area contributed by atoms with E-state index < -0.39 is 17.7 Å². The van der Waals surface area contributed by atoms with Gasteiger partial charge in [-0.05, 0) is 61.1 Å². The van der Waals surface area contributed by atoms with Gasteiger partial charge in [0.2, 0.25) is 11.8 Å². The number of carbonyl (C=O) groups excluding carboxylic acids is 2. The monoisotopic (exact) mass is 450 g/mol. The highest BCUT2D eigenvalue weighted by molar-refractivity contribution is 5.88. The molecule has 2 N–H and O–H groups in total. The van der Waals surface area contributed by atoms with Crippen LogP contribution in [0.1, 0.15) is 31.2 Å². The molecule has 174 valence electrons. The van der Waals surface area contributed by atoms with Crippen LogP contribution in [0.5, 0.6) is 11.5 Å². The predicted octanol–water partition coefficient (Wildman–Crippen LogP) is 3.68. The zero-order valence-electron chi connectivity index (χ0n) is 18.8. The summed E-state index contributed by atoms with van der Waals surface area (Å²) in [6, 6.07) is 17.4. The molecule has 0 spiro atoms. The Morgan fingerprint density at radius 2 is 1.73 bits per heavy atom. The van der Waals surface area contributed by atoms with Gasteiger partial charge in [0.1, 0.15) is 11.5 Å². The topological polar surface area (TPSA) is 88.1 Å². The normalized spacial score (nSPS) is 22.8.